The molecule has 0 aliphatic heterocycles. The average Bonchev–Trinajstić information content (AvgIpc) is 2.91. The summed E-state index contributed by atoms with van der Waals surface area (Å²) < 4.78 is 26.6. The molecule has 0 fully saturated rings. The molecule has 1 amide bonds. The molecular formula is C28H29NO8. The third-order valence-electron chi connectivity index (χ3n) is 5.39. The van der Waals surface area contributed by atoms with Crippen LogP contribution < -0.4 is 29.0 Å². The third-order valence-corrected chi connectivity index (χ3v) is 5.39. The van der Waals surface area contributed by atoms with Gasteiger partial charge in [0.15, 0.2) is 34.5 Å². The van der Waals surface area contributed by atoms with Gasteiger partial charge in [0.25, 0.3) is 0 Å². The van der Waals surface area contributed by atoms with Crippen LogP contribution >= 0.6 is 0 Å². The molecule has 37 heavy (non-hydrogen) atoms. The number of carbonyl (C=O) groups is 1. The molecule has 0 radical (unpaired) electrons. The molecule has 194 valence electrons. The molecule has 0 heterocycles. The molecule has 3 rings (SSSR count). The second-order valence-electron chi connectivity index (χ2n) is 7.63. The van der Waals surface area contributed by atoms with Crippen LogP contribution in [0, 0.1) is 0 Å². The Morgan fingerprint density at radius 3 is 1.89 bits per heavy atom. The number of methoxy groups -OCH3 is 5. The normalized spacial score (nSPS) is 10.9. The van der Waals surface area contributed by atoms with Crippen LogP contribution in [0.2, 0.25) is 0 Å². The zero-order chi connectivity index (χ0) is 26.9. The van der Waals surface area contributed by atoms with Gasteiger partial charge in [0, 0.05) is 11.6 Å². The van der Waals surface area contributed by atoms with E-state index < -0.39 is 5.91 Å². The molecule has 3 aromatic carbocycles. The van der Waals surface area contributed by atoms with Crippen molar-refractivity contribution in [3.8, 4) is 40.2 Å². The predicted octanol–water partition coefficient (Wildman–Crippen LogP) is 4.96. The van der Waals surface area contributed by atoms with E-state index in [-0.39, 0.29) is 22.9 Å². The number of carbonyl (C=O) groups excluding carboxylic acids is 1. The first kappa shape index (κ1) is 26.8. The van der Waals surface area contributed by atoms with Gasteiger partial charge in [-0.2, -0.15) is 0 Å². The highest BCUT2D eigenvalue weighted by Gasteiger charge is 2.16. The van der Waals surface area contributed by atoms with Crippen molar-refractivity contribution < 1.29 is 38.7 Å². The lowest BCUT2D eigenvalue weighted by atomic mass is 10.1. The van der Waals surface area contributed by atoms with Crippen LogP contribution in [0.15, 0.2) is 48.5 Å². The zero-order valence-corrected chi connectivity index (χ0v) is 21.2. The average molecular weight is 508 g/mol. The summed E-state index contributed by atoms with van der Waals surface area (Å²) in [5.74, 6) is 1.25. The Kier molecular flexibility index (Phi) is 8.88. The molecule has 0 aliphatic carbocycles. The fourth-order valence-corrected chi connectivity index (χ4v) is 3.59. The lowest BCUT2D eigenvalue weighted by molar-refractivity contribution is -0.111. The molecule has 9 heteroatoms. The van der Waals surface area contributed by atoms with Gasteiger partial charge >= 0.3 is 0 Å². The van der Waals surface area contributed by atoms with Gasteiger partial charge in [-0.1, -0.05) is 18.2 Å². The van der Waals surface area contributed by atoms with Crippen molar-refractivity contribution in [2.75, 3.05) is 40.9 Å². The minimum absolute atomic E-state index is 0.0427. The van der Waals surface area contributed by atoms with E-state index >= 15 is 0 Å². The molecule has 3 N–H and O–H groups in total. The summed E-state index contributed by atoms with van der Waals surface area (Å²) >= 11 is 0. The quantitative estimate of drug-likeness (QED) is 0.260. The summed E-state index contributed by atoms with van der Waals surface area (Å²) in [4.78, 5) is 12.7. The summed E-state index contributed by atoms with van der Waals surface area (Å²) in [7, 11) is 7.44. The van der Waals surface area contributed by atoms with Gasteiger partial charge in [0.05, 0.1) is 41.2 Å². The second kappa shape index (κ2) is 12.3. The van der Waals surface area contributed by atoms with Crippen molar-refractivity contribution in [2.45, 2.75) is 0 Å². The molecule has 0 saturated carbocycles. The molecule has 0 saturated heterocycles. The molecule has 0 spiro atoms. The van der Waals surface area contributed by atoms with Gasteiger partial charge in [0.2, 0.25) is 11.7 Å². The molecule has 0 bridgehead atoms. The number of rotatable bonds is 10. The number of nitrogens with one attached hydrogen (secondary N) is 1. The SMILES string of the molecule is COc1ccc(/C=C/C(=O)Nc2c(C=Cc3cc(OC)c(OC)c(OC)c3)ccc(O)c2OC)cc1O. The number of ether oxygens (including phenoxy) is 5. The monoisotopic (exact) mass is 507 g/mol. The van der Waals surface area contributed by atoms with E-state index in [4.69, 9.17) is 23.7 Å². The number of aromatic hydroxyl groups is 2. The van der Waals surface area contributed by atoms with Gasteiger partial charge in [0.1, 0.15) is 0 Å². The summed E-state index contributed by atoms with van der Waals surface area (Å²) in [6, 6.07) is 11.4. The molecule has 9 nitrogen and oxygen atoms in total. The van der Waals surface area contributed by atoms with E-state index in [9.17, 15) is 15.0 Å². The first-order valence-electron chi connectivity index (χ1n) is 11.1. The van der Waals surface area contributed by atoms with Gasteiger partial charge in [-0.15, -0.1) is 0 Å². The maximum Gasteiger partial charge on any atom is 0.248 e. The number of hydrogen-bond acceptors (Lipinski definition) is 8. The van der Waals surface area contributed by atoms with E-state index in [1.54, 1.807) is 42.5 Å². The Morgan fingerprint density at radius 2 is 1.32 bits per heavy atom. The fraction of sp³-hybridized carbons (Fsp3) is 0.179. The first-order chi connectivity index (χ1) is 17.8. The third kappa shape index (κ3) is 6.26. The van der Waals surface area contributed by atoms with Crippen molar-refractivity contribution in [2.24, 2.45) is 0 Å². The largest absolute Gasteiger partial charge is 0.504 e. The van der Waals surface area contributed by atoms with Gasteiger partial charge in [-0.3, -0.25) is 4.79 Å². The highest BCUT2D eigenvalue weighted by Crippen LogP contribution is 2.40. The van der Waals surface area contributed by atoms with Gasteiger partial charge < -0.3 is 39.2 Å². The lowest BCUT2D eigenvalue weighted by Crippen LogP contribution is -2.10. The topological polar surface area (TPSA) is 116 Å². The molecule has 0 atom stereocenters. The molecule has 0 aromatic heterocycles. The van der Waals surface area contributed by atoms with Crippen molar-refractivity contribution in [3.05, 3.63) is 65.2 Å². The second-order valence-corrected chi connectivity index (χ2v) is 7.63. The van der Waals surface area contributed by atoms with Crippen LogP contribution in [0.1, 0.15) is 16.7 Å². The van der Waals surface area contributed by atoms with E-state index in [0.717, 1.165) is 5.56 Å². The van der Waals surface area contributed by atoms with Crippen LogP contribution in [0.25, 0.3) is 18.2 Å². The van der Waals surface area contributed by atoms with E-state index in [0.29, 0.717) is 34.1 Å². The number of phenols is 2. The lowest BCUT2D eigenvalue weighted by Gasteiger charge is -2.14. The van der Waals surface area contributed by atoms with E-state index in [1.165, 1.54) is 59.8 Å². The summed E-state index contributed by atoms with van der Waals surface area (Å²) in [5, 5.41) is 23.0. The van der Waals surface area contributed by atoms with E-state index in [2.05, 4.69) is 5.32 Å². The Bertz CT molecular complexity index is 1300. The van der Waals surface area contributed by atoms with E-state index in [1.807, 2.05) is 0 Å². The number of hydrogen-bond donors (Lipinski definition) is 3. The van der Waals surface area contributed by atoms with Crippen LogP contribution in [-0.4, -0.2) is 51.7 Å². The first-order valence-corrected chi connectivity index (χ1v) is 11.1. The Balaban J connectivity index is 1.92. The predicted molar refractivity (Wildman–Crippen MR) is 142 cm³/mol. The van der Waals surface area contributed by atoms with Crippen molar-refractivity contribution in [1.29, 1.82) is 0 Å². The Hall–Kier alpha value is -4.79. The number of benzene rings is 3. The van der Waals surface area contributed by atoms with Crippen LogP contribution in [0.5, 0.6) is 40.2 Å². The summed E-state index contributed by atoms with van der Waals surface area (Å²) in [5.41, 5.74) is 2.20. The molecular weight excluding hydrogens is 478 g/mol. The standard InChI is InChI=1S/C28H29NO8/c1-33-22-12-7-17(14-21(22)31)8-13-25(32)29-26-19(10-11-20(30)27(26)36-4)9-6-18-15-23(34-2)28(37-5)24(16-18)35-3/h6-16,30-31H,1-5H3,(H,29,32)/b9-6?,13-8+. The Labute approximate surface area is 215 Å². The van der Waals surface area contributed by atoms with Gasteiger partial charge in [-0.05, 0) is 53.6 Å². The molecule has 0 unspecified atom stereocenters. The minimum Gasteiger partial charge on any atom is -0.504 e. The van der Waals surface area contributed by atoms with Crippen molar-refractivity contribution in [3.63, 3.8) is 0 Å². The van der Waals surface area contributed by atoms with Crippen LogP contribution in [0.4, 0.5) is 5.69 Å². The van der Waals surface area contributed by atoms with Crippen molar-refractivity contribution >= 4 is 29.8 Å². The number of phenolic OH excluding ortho intramolecular Hbond substituents is 2. The summed E-state index contributed by atoms with van der Waals surface area (Å²) in [6.45, 7) is 0. The van der Waals surface area contributed by atoms with Crippen LogP contribution in [-0.2, 0) is 4.79 Å². The van der Waals surface area contributed by atoms with Crippen molar-refractivity contribution in [1.82, 2.24) is 0 Å². The number of anilines is 1. The minimum atomic E-state index is -0.471. The zero-order valence-electron chi connectivity index (χ0n) is 21.2. The highest BCUT2D eigenvalue weighted by molar-refractivity contribution is 6.04. The molecule has 0 aliphatic rings. The maximum absolute atomic E-state index is 12.7. The number of amides is 1. The van der Waals surface area contributed by atoms with Gasteiger partial charge in [-0.25, -0.2) is 0 Å². The smallest absolute Gasteiger partial charge is 0.248 e. The Morgan fingerprint density at radius 1 is 0.676 bits per heavy atom. The fourth-order valence-electron chi connectivity index (χ4n) is 3.59. The molecule has 3 aromatic rings. The van der Waals surface area contributed by atoms with Crippen LogP contribution in [0.3, 0.4) is 0 Å². The highest BCUT2D eigenvalue weighted by atomic mass is 16.5. The maximum atomic E-state index is 12.7. The summed E-state index contributed by atoms with van der Waals surface area (Å²) in [6.07, 6.45) is 6.39.